The zero-order chi connectivity index (χ0) is 16.5. The van der Waals surface area contributed by atoms with Crippen LogP contribution in [-0.4, -0.2) is 33.0 Å². The van der Waals surface area contributed by atoms with Crippen LogP contribution < -0.4 is 0 Å². The summed E-state index contributed by atoms with van der Waals surface area (Å²) in [5.74, 6) is 0. The molecule has 2 heterocycles. The lowest BCUT2D eigenvalue weighted by Gasteiger charge is -2.24. The lowest BCUT2D eigenvalue weighted by molar-refractivity contribution is 0.0283. The van der Waals surface area contributed by atoms with E-state index in [4.69, 9.17) is 11.3 Å². The highest BCUT2D eigenvalue weighted by molar-refractivity contribution is 9.10. The summed E-state index contributed by atoms with van der Waals surface area (Å²) in [5.41, 5.74) is 1.41. The van der Waals surface area contributed by atoms with Gasteiger partial charge in [-0.05, 0) is 42.8 Å². The SMILES string of the molecule is [C-]#[N+]c1ccc2nc(CN(C)C(=O)OC(C)(C)C)c(Br)n2c1. The number of halogens is 1. The molecule has 0 atom stereocenters. The number of carbonyl (C=O) groups excluding carboxylic acids is 1. The molecular weight excluding hydrogens is 348 g/mol. The lowest BCUT2D eigenvalue weighted by atomic mass is 10.2. The Labute approximate surface area is 137 Å². The number of carbonyl (C=O) groups is 1. The van der Waals surface area contributed by atoms with Gasteiger partial charge in [0.05, 0.1) is 18.8 Å². The third-order valence-corrected chi connectivity index (χ3v) is 3.67. The van der Waals surface area contributed by atoms with Crippen molar-refractivity contribution in [3.8, 4) is 0 Å². The number of ether oxygens (including phenoxy) is 1. The first-order valence-electron chi connectivity index (χ1n) is 6.69. The summed E-state index contributed by atoms with van der Waals surface area (Å²) in [6, 6.07) is 3.48. The van der Waals surface area contributed by atoms with E-state index < -0.39 is 11.7 Å². The standard InChI is InChI=1S/C15H17BrN4O2/c1-15(2,3)22-14(21)19(5)9-11-13(16)20-8-10(17-4)6-7-12(20)18-11/h6-8H,9H2,1-3,5H3. The molecule has 0 aliphatic rings. The number of hydrogen-bond acceptors (Lipinski definition) is 3. The number of amides is 1. The molecule has 0 aliphatic heterocycles. The molecule has 0 aromatic carbocycles. The van der Waals surface area contributed by atoms with E-state index in [-0.39, 0.29) is 0 Å². The summed E-state index contributed by atoms with van der Waals surface area (Å²) in [4.78, 5) is 21.3. The predicted molar refractivity (Wildman–Crippen MR) is 86.9 cm³/mol. The molecule has 0 radical (unpaired) electrons. The zero-order valence-electron chi connectivity index (χ0n) is 12.9. The van der Waals surface area contributed by atoms with Crippen molar-refractivity contribution in [2.45, 2.75) is 32.9 Å². The molecule has 116 valence electrons. The van der Waals surface area contributed by atoms with Gasteiger partial charge in [-0.3, -0.25) is 0 Å². The number of imidazole rings is 1. The van der Waals surface area contributed by atoms with Gasteiger partial charge in [0.15, 0.2) is 0 Å². The third kappa shape index (κ3) is 3.57. The molecule has 22 heavy (non-hydrogen) atoms. The summed E-state index contributed by atoms with van der Waals surface area (Å²) in [5, 5.41) is 0. The van der Waals surface area contributed by atoms with E-state index in [0.29, 0.717) is 23.6 Å². The van der Waals surface area contributed by atoms with Crippen LogP contribution in [0.25, 0.3) is 10.5 Å². The van der Waals surface area contributed by atoms with E-state index >= 15 is 0 Å². The zero-order valence-corrected chi connectivity index (χ0v) is 14.5. The van der Waals surface area contributed by atoms with Crippen LogP contribution in [0.15, 0.2) is 22.9 Å². The van der Waals surface area contributed by atoms with Crippen LogP contribution >= 0.6 is 15.9 Å². The molecule has 2 rings (SSSR count). The molecule has 7 heteroatoms. The molecule has 0 spiro atoms. The van der Waals surface area contributed by atoms with Gasteiger partial charge in [-0.1, -0.05) is 6.07 Å². The Morgan fingerprint density at radius 3 is 2.77 bits per heavy atom. The van der Waals surface area contributed by atoms with Crippen molar-refractivity contribution in [2.24, 2.45) is 0 Å². The molecule has 0 saturated heterocycles. The molecule has 0 saturated carbocycles. The molecule has 0 fully saturated rings. The Hall–Kier alpha value is -2.07. The molecule has 0 N–H and O–H groups in total. The minimum atomic E-state index is -0.536. The van der Waals surface area contributed by atoms with E-state index in [0.717, 1.165) is 4.60 Å². The van der Waals surface area contributed by atoms with Crippen molar-refractivity contribution in [1.29, 1.82) is 0 Å². The largest absolute Gasteiger partial charge is 0.444 e. The van der Waals surface area contributed by atoms with Crippen LogP contribution in [0.4, 0.5) is 10.5 Å². The highest BCUT2D eigenvalue weighted by Crippen LogP contribution is 2.23. The molecule has 1 amide bonds. The molecule has 6 nitrogen and oxygen atoms in total. The Balaban J connectivity index is 2.23. The first-order valence-corrected chi connectivity index (χ1v) is 7.48. The fourth-order valence-electron chi connectivity index (χ4n) is 1.85. The maximum absolute atomic E-state index is 12.0. The van der Waals surface area contributed by atoms with Crippen LogP contribution in [-0.2, 0) is 11.3 Å². The van der Waals surface area contributed by atoms with Gasteiger partial charge in [0.2, 0.25) is 5.69 Å². The van der Waals surface area contributed by atoms with Gasteiger partial charge in [0.1, 0.15) is 15.9 Å². The number of nitrogens with zero attached hydrogens (tertiary/aromatic N) is 4. The Bertz CT molecular complexity index is 755. The van der Waals surface area contributed by atoms with Gasteiger partial charge in [0, 0.05) is 13.2 Å². The molecule has 0 unspecified atom stereocenters. The second-order valence-corrected chi connectivity index (χ2v) is 6.66. The van der Waals surface area contributed by atoms with E-state index in [1.165, 1.54) is 4.90 Å². The Kier molecular flexibility index (Phi) is 4.42. The Morgan fingerprint density at radius 1 is 1.50 bits per heavy atom. The first kappa shape index (κ1) is 16.3. The van der Waals surface area contributed by atoms with Crippen molar-refractivity contribution in [3.05, 3.63) is 40.0 Å². The van der Waals surface area contributed by atoms with Crippen LogP contribution in [0.5, 0.6) is 0 Å². The van der Waals surface area contributed by atoms with Crippen LogP contribution in [0.2, 0.25) is 0 Å². The molecule has 2 aromatic rings. The molecular formula is C15H17BrN4O2. The van der Waals surface area contributed by atoms with E-state index in [9.17, 15) is 4.79 Å². The molecule has 0 bridgehead atoms. The molecule has 0 aliphatic carbocycles. The smallest absolute Gasteiger partial charge is 0.410 e. The van der Waals surface area contributed by atoms with Gasteiger partial charge in [-0.25, -0.2) is 14.6 Å². The maximum Gasteiger partial charge on any atom is 0.410 e. The van der Waals surface area contributed by atoms with E-state index in [1.54, 1.807) is 29.8 Å². The minimum Gasteiger partial charge on any atom is -0.444 e. The number of aromatic nitrogens is 2. The topological polar surface area (TPSA) is 51.2 Å². The lowest BCUT2D eigenvalue weighted by Crippen LogP contribution is -2.33. The predicted octanol–water partition coefficient (Wildman–Crippen LogP) is 4.01. The second-order valence-electron chi connectivity index (χ2n) is 5.91. The average molecular weight is 365 g/mol. The number of pyridine rings is 1. The second kappa shape index (κ2) is 5.97. The normalized spacial score (nSPS) is 11.3. The van der Waals surface area contributed by atoms with Gasteiger partial charge in [0.25, 0.3) is 0 Å². The highest BCUT2D eigenvalue weighted by Gasteiger charge is 2.21. The van der Waals surface area contributed by atoms with E-state index in [1.807, 2.05) is 20.8 Å². The highest BCUT2D eigenvalue weighted by atomic mass is 79.9. The summed E-state index contributed by atoms with van der Waals surface area (Å²) < 4.78 is 7.83. The van der Waals surface area contributed by atoms with Crippen LogP contribution in [0.1, 0.15) is 26.5 Å². The summed E-state index contributed by atoms with van der Waals surface area (Å²) in [7, 11) is 1.66. The van der Waals surface area contributed by atoms with Crippen molar-refractivity contribution < 1.29 is 9.53 Å². The van der Waals surface area contributed by atoms with Gasteiger partial charge in [-0.15, -0.1) is 0 Å². The van der Waals surface area contributed by atoms with Gasteiger partial charge >= 0.3 is 6.09 Å². The first-order chi connectivity index (χ1) is 10.2. The average Bonchev–Trinajstić information content (AvgIpc) is 2.73. The summed E-state index contributed by atoms with van der Waals surface area (Å²) in [6.45, 7) is 12.8. The third-order valence-electron chi connectivity index (χ3n) is 2.83. The monoisotopic (exact) mass is 364 g/mol. The fraction of sp³-hybridized carbons (Fsp3) is 0.400. The maximum atomic E-state index is 12.0. The van der Waals surface area contributed by atoms with Gasteiger partial charge < -0.3 is 14.0 Å². The molecule has 2 aromatic heterocycles. The van der Waals surface area contributed by atoms with E-state index in [2.05, 4.69) is 25.8 Å². The van der Waals surface area contributed by atoms with Crippen molar-refractivity contribution in [2.75, 3.05) is 7.05 Å². The Morgan fingerprint density at radius 2 is 2.18 bits per heavy atom. The van der Waals surface area contributed by atoms with Crippen molar-refractivity contribution in [1.82, 2.24) is 14.3 Å². The van der Waals surface area contributed by atoms with Crippen molar-refractivity contribution in [3.63, 3.8) is 0 Å². The number of fused-ring (bicyclic) bond motifs is 1. The number of rotatable bonds is 2. The van der Waals surface area contributed by atoms with Crippen molar-refractivity contribution >= 4 is 33.4 Å². The quantitative estimate of drug-likeness (QED) is 0.756. The van der Waals surface area contributed by atoms with Crippen LogP contribution in [0.3, 0.4) is 0 Å². The summed E-state index contributed by atoms with van der Waals surface area (Å²) >= 11 is 3.47. The van der Waals surface area contributed by atoms with Gasteiger partial charge in [-0.2, -0.15) is 0 Å². The fourth-order valence-corrected chi connectivity index (χ4v) is 2.35. The summed E-state index contributed by atoms with van der Waals surface area (Å²) in [6.07, 6.45) is 1.30. The van der Waals surface area contributed by atoms with Crippen LogP contribution in [0, 0.1) is 6.57 Å². The number of hydrogen-bond donors (Lipinski definition) is 0. The minimum absolute atomic E-state index is 0.310.